The molecule has 0 aliphatic carbocycles. The molecule has 144 valence electrons. The molecule has 0 aliphatic heterocycles. The second-order valence-corrected chi connectivity index (χ2v) is 6.18. The molecule has 0 unspecified atom stereocenters. The van der Waals surface area contributed by atoms with Crippen LogP contribution in [0, 0.1) is 0 Å². The molecule has 0 radical (unpaired) electrons. The van der Waals surface area contributed by atoms with Gasteiger partial charge in [-0.05, 0) is 92.8 Å². The highest BCUT2D eigenvalue weighted by molar-refractivity contribution is 5.98. The standard InChI is InChI=1S/C21H26N2O4/c1-16(22-24)18-6-10-20(11-7-18)26-14-4-3-5-15-27-21-12-8-19(9-13-21)17(2)23-25/h6-13,24-25H,3-5,14-15H2,1-2H3. The molecule has 0 aromatic heterocycles. The van der Waals surface area contributed by atoms with Crippen molar-refractivity contribution in [1.29, 1.82) is 0 Å². The topological polar surface area (TPSA) is 83.6 Å². The molecule has 2 aromatic carbocycles. The van der Waals surface area contributed by atoms with E-state index in [2.05, 4.69) is 10.3 Å². The van der Waals surface area contributed by atoms with Crippen molar-refractivity contribution in [2.75, 3.05) is 13.2 Å². The third-order valence-corrected chi connectivity index (χ3v) is 4.17. The van der Waals surface area contributed by atoms with Gasteiger partial charge in [0.1, 0.15) is 11.5 Å². The second kappa shape index (κ2) is 10.9. The molecule has 6 heteroatoms. The fraction of sp³-hybridized carbons (Fsp3) is 0.333. The SMILES string of the molecule is CC(=NO)c1ccc(OCCCCCOc2ccc(C(C)=NO)cc2)cc1. The quantitative estimate of drug-likeness (QED) is 0.274. The second-order valence-electron chi connectivity index (χ2n) is 6.18. The van der Waals surface area contributed by atoms with Gasteiger partial charge in [-0.2, -0.15) is 0 Å². The molecule has 2 N–H and O–H groups in total. The first-order chi connectivity index (χ1) is 13.1. The third kappa shape index (κ3) is 6.66. The Kier molecular flexibility index (Phi) is 8.16. The monoisotopic (exact) mass is 370 g/mol. The molecule has 0 fully saturated rings. The van der Waals surface area contributed by atoms with Crippen molar-refractivity contribution in [3.8, 4) is 11.5 Å². The summed E-state index contributed by atoms with van der Waals surface area (Å²) >= 11 is 0. The molecule has 0 spiro atoms. The Hall–Kier alpha value is -3.02. The molecule has 2 aromatic rings. The average molecular weight is 370 g/mol. The first-order valence-corrected chi connectivity index (χ1v) is 8.98. The molecular weight excluding hydrogens is 344 g/mol. The summed E-state index contributed by atoms with van der Waals surface area (Å²) in [6, 6.07) is 15.0. The van der Waals surface area contributed by atoms with Gasteiger partial charge in [0.15, 0.2) is 0 Å². The summed E-state index contributed by atoms with van der Waals surface area (Å²) in [5, 5.41) is 23.9. The van der Waals surface area contributed by atoms with Crippen LogP contribution in [0.15, 0.2) is 58.8 Å². The maximum atomic E-state index is 8.75. The predicted molar refractivity (Wildman–Crippen MR) is 106 cm³/mol. The van der Waals surface area contributed by atoms with Gasteiger partial charge in [0.2, 0.25) is 0 Å². The van der Waals surface area contributed by atoms with E-state index in [-0.39, 0.29) is 0 Å². The summed E-state index contributed by atoms with van der Waals surface area (Å²) in [5.74, 6) is 1.62. The lowest BCUT2D eigenvalue weighted by Crippen LogP contribution is -2.02. The van der Waals surface area contributed by atoms with Crippen LogP contribution in [-0.4, -0.2) is 35.1 Å². The summed E-state index contributed by atoms with van der Waals surface area (Å²) in [4.78, 5) is 0. The summed E-state index contributed by atoms with van der Waals surface area (Å²) in [5.41, 5.74) is 2.89. The van der Waals surface area contributed by atoms with E-state index in [1.807, 2.05) is 48.5 Å². The fourth-order valence-electron chi connectivity index (χ4n) is 2.46. The lowest BCUT2D eigenvalue weighted by molar-refractivity contribution is 0.279. The van der Waals surface area contributed by atoms with Gasteiger partial charge in [0, 0.05) is 0 Å². The van der Waals surface area contributed by atoms with Crippen molar-refractivity contribution in [2.45, 2.75) is 33.1 Å². The van der Waals surface area contributed by atoms with Gasteiger partial charge in [-0.3, -0.25) is 0 Å². The highest BCUT2D eigenvalue weighted by atomic mass is 16.5. The van der Waals surface area contributed by atoms with Gasteiger partial charge in [0.05, 0.1) is 24.6 Å². The summed E-state index contributed by atoms with van der Waals surface area (Å²) in [6.07, 6.45) is 2.92. The molecule has 0 saturated carbocycles. The van der Waals surface area contributed by atoms with E-state index in [1.165, 1.54) is 0 Å². The molecule has 0 heterocycles. The molecular formula is C21H26N2O4. The largest absolute Gasteiger partial charge is 0.494 e. The minimum Gasteiger partial charge on any atom is -0.494 e. The first kappa shape index (κ1) is 20.3. The van der Waals surface area contributed by atoms with Crippen LogP contribution in [0.2, 0.25) is 0 Å². The van der Waals surface area contributed by atoms with Gasteiger partial charge in [-0.25, -0.2) is 0 Å². The van der Waals surface area contributed by atoms with Crippen LogP contribution in [0.1, 0.15) is 44.2 Å². The van der Waals surface area contributed by atoms with Crippen LogP contribution in [0.25, 0.3) is 0 Å². The Morgan fingerprint density at radius 2 is 1.04 bits per heavy atom. The minimum absolute atomic E-state index is 0.577. The number of ether oxygens (including phenoxy) is 2. The first-order valence-electron chi connectivity index (χ1n) is 8.98. The van der Waals surface area contributed by atoms with Crippen LogP contribution >= 0.6 is 0 Å². The number of oxime groups is 2. The van der Waals surface area contributed by atoms with E-state index < -0.39 is 0 Å². The zero-order chi connectivity index (χ0) is 19.5. The van der Waals surface area contributed by atoms with E-state index >= 15 is 0 Å². The summed E-state index contributed by atoms with van der Waals surface area (Å²) in [6.45, 7) is 4.80. The van der Waals surface area contributed by atoms with E-state index in [9.17, 15) is 0 Å². The highest BCUT2D eigenvalue weighted by Crippen LogP contribution is 2.15. The molecule has 2 rings (SSSR count). The molecule has 0 atom stereocenters. The number of nitrogens with zero attached hydrogens (tertiary/aromatic N) is 2. The van der Waals surface area contributed by atoms with Gasteiger partial charge in [0.25, 0.3) is 0 Å². The van der Waals surface area contributed by atoms with Crippen LogP contribution in [0.4, 0.5) is 0 Å². The summed E-state index contributed by atoms with van der Waals surface area (Å²) < 4.78 is 11.4. The van der Waals surface area contributed by atoms with E-state index in [1.54, 1.807) is 13.8 Å². The Bertz CT molecular complexity index is 687. The fourth-order valence-corrected chi connectivity index (χ4v) is 2.46. The Balaban J connectivity index is 1.59. The molecule has 0 amide bonds. The van der Waals surface area contributed by atoms with E-state index in [4.69, 9.17) is 19.9 Å². The highest BCUT2D eigenvalue weighted by Gasteiger charge is 2.01. The average Bonchev–Trinajstić information content (AvgIpc) is 2.72. The Labute approximate surface area is 159 Å². The lowest BCUT2D eigenvalue weighted by atomic mass is 10.1. The van der Waals surface area contributed by atoms with Crippen molar-refractivity contribution in [3.63, 3.8) is 0 Å². The number of hydrogen-bond donors (Lipinski definition) is 2. The van der Waals surface area contributed by atoms with Crippen molar-refractivity contribution in [3.05, 3.63) is 59.7 Å². The zero-order valence-corrected chi connectivity index (χ0v) is 15.8. The van der Waals surface area contributed by atoms with E-state index in [0.29, 0.717) is 24.6 Å². The van der Waals surface area contributed by atoms with Gasteiger partial charge >= 0.3 is 0 Å². The number of rotatable bonds is 10. The van der Waals surface area contributed by atoms with Crippen LogP contribution in [0.3, 0.4) is 0 Å². The van der Waals surface area contributed by atoms with Crippen molar-refractivity contribution in [2.24, 2.45) is 10.3 Å². The third-order valence-electron chi connectivity index (χ3n) is 4.17. The van der Waals surface area contributed by atoms with Gasteiger partial charge in [-0.1, -0.05) is 10.3 Å². The smallest absolute Gasteiger partial charge is 0.119 e. The maximum absolute atomic E-state index is 8.75. The Morgan fingerprint density at radius 1 is 0.667 bits per heavy atom. The predicted octanol–water partition coefficient (Wildman–Crippen LogP) is 4.71. The van der Waals surface area contributed by atoms with Gasteiger partial charge in [-0.15, -0.1) is 0 Å². The minimum atomic E-state index is 0.577. The number of benzene rings is 2. The van der Waals surface area contributed by atoms with E-state index in [0.717, 1.165) is 41.9 Å². The van der Waals surface area contributed by atoms with Crippen LogP contribution in [-0.2, 0) is 0 Å². The molecule has 0 bridgehead atoms. The van der Waals surface area contributed by atoms with Crippen molar-refractivity contribution in [1.82, 2.24) is 0 Å². The Morgan fingerprint density at radius 3 is 1.37 bits per heavy atom. The molecule has 27 heavy (non-hydrogen) atoms. The van der Waals surface area contributed by atoms with Crippen molar-refractivity contribution >= 4 is 11.4 Å². The number of hydrogen-bond acceptors (Lipinski definition) is 6. The summed E-state index contributed by atoms with van der Waals surface area (Å²) in [7, 11) is 0. The van der Waals surface area contributed by atoms with Crippen LogP contribution < -0.4 is 9.47 Å². The number of unbranched alkanes of at least 4 members (excludes halogenated alkanes) is 2. The van der Waals surface area contributed by atoms with Crippen LogP contribution in [0.5, 0.6) is 11.5 Å². The molecule has 0 saturated heterocycles. The molecule has 0 aliphatic rings. The molecule has 6 nitrogen and oxygen atoms in total. The van der Waals surface area contributed by atoms with Crippen molar-refractivity contribution < 1.29 is 19.9 Å². The lowest BCUT2D eigenvalue weighted by Gasteiger charge is -2.08. The maximum Gasteiger partial charge on any atom is 0.119 e. The zero-order valence-electron chi connectivity index (χ0n) is 15.8. The normalized spacial score (nSPS) is 12.1. The van der Waals surface area contributed by atoms with Gasteiger partial charge < -0.3 is 19.9 Å².